The molecule has 2 fully saturated rings. The number of nitrogens with zero attached hydrogens (tertiary/aromatic N) is 3. The summed E-state index contributed by atoms with van der Waals surface area (Å²) in [6.07, 6.45) is 9.02. The van der Waals surface area contributed by atoms with Crippen LogP contribution in [-0.4, -0.2) is 45.8 Å². The standard InChI is InChI=1S/C19H26N4O5/c24-18(15-11-16(22(25)26)13-17(12-15)23(27)28)20-14-19(7-3-1-4-8-19)21-9-5-2-6-10-21/h11-13H,1-10,14H2,(H,20,24). The summed E-state index contributed by atoms with van der Waals surface area (Å²) in [5, 5.41) is 25.0. The van der Waals surface area contributed by atoms with Crippen LogP contribution >= 0.6 is 0 Å². The van der Waals surface area contributed by atoms with Gasteiger partial charge in [0.15, 0.2) is 0 Å². The molecule has 2 aliphatic rings. The Morgan fingerprint density at radius 2 is 1.46 bits per heavy atom. The molecule has 1 aromatic carbocycles. The SMILES string of the molecule is O=C(NCC1(N2CCCCC2)CCCCC1)c1cc([N+](=O)[O-])cc([N+](=O)[O-])c1. The number of non-ortho nitro benzene ring substituents is 2. The van der Waals surface area contributed by atoms with E-state index in [-0.39, 0.29) is 11.1 Å². The molecule has 152 valence electrons. The van der Waals surface area contributed by atoms with Crippen molar-refractivity contribution in [2.45, 2.75) is 56.9 Å². The van der Waals surface area contributed by atoms with Crippen molar-refractivity contribution >= 4 is 17.3 Å². The number of carbonyl (C=O) groups excluding carboxylic acids is 1. The Morgan fingerprint density at radius 3 is 2.00 bits per heavy atom. The molecule has 1 aliphatic heterocycles. The van der Waals surface area contributed by atoms with Gasteiger partial charge in [0.05, 0.1) is 21.5 Å². The molecular formula is C19H26N4O5. The fraction of sp³-hybridized carbons (Fsp3) is 0.632. The molecule has 1 N–H and O–H groups in total. The van der Waals surface area contributed by atoms with Gasteiger partial charge in [-0.25, -0.2) is 0 Å². The van der Waals surface area contributed by atoms with Gasteiger partial charge in [-0.2, -0.15) is 0 Å². The maximum Gasteiger partial charge on any atom is 0.277 e. The lowest BCUT2D eigenvalue weighted by molar-refractivity contribution is -0.394. The number of nitro benzene ring substituents is 2. The molecule has 9 nitrogen and oxygen atoms in total. The summed E-state index contributed by atoms with van der Waals surface area (Å²) < 4.78 is 0. The summed E-state index contributed by atoms with van der Waals surface area (Å²) in [4.78, 5) is 35.9. The largest absolute Gasteiger partial charge is 0.350 e. The lowest BCUT2D eigenvalue weighted by atomic mass is 9.79. The summed E-state index contributed by atoms with van der Waals surface area (Å²) in [5.74, 6) is -0.506. The minimum Gasteiger partial charge on any atom is -0.350 e. The van der Waals surface area contributed by atoms with Crippen LogP contribution in [0.4, 0.5) is 11.4 Å². The molecule has 0 atom stereocenters. The van der Waals surface area contributed by atoms with E-state index in [0.29, 0.717) is 6.54 Å². The number of carbonyl (C=O) groups is 1. The first-order valence-corrected chi connectivity index (χ1v) is 9.88. The van der Waals surface area contributed by atoms with Crippen LogP contribution in [0.3, 0.4) is 0 Å². The van der Waals surface area contributed by atoms with Crippen molar-refractivity contribution in [3.8, 4) is 0 Å². The second kappa shape index (κ2) is 8.64. The molecule has 1 saturated carbocycles. The smallest absolute Gasteiger partial charge is 0.277 e. The Kier molecular flexibility index (Phi) is 6.23. The monoisotopic (exact) mass is 390 g/mol. The Bertz CT molecular complexity index is 722. The number of nitrogens with one attached hydrogen (secondary N) is 1. The van der Waals surface area contributed by atoms with Crippen LogP contribution in [-0.2, 0) is 0 Å². The third-order valence-corrected chi connectivity index (χ3v) is 5.98. The molecule has 0 aromatic heterocycles. The van der Waals surface area contributed by atoms with E-state index in [0.717, 1.165) is 69.8 Å². The fourth-order valence-corrected chi connectivity index (χ4v) is 4.47. The fourth-order valence-electron chi connectivity index (χ4n) is 4.47. The zero-order chi connectivity index (χ0) is 20.1. The first-order valence-electron chi connectivity index (χ1n) is 9.88. The van der Waals surface area contributed by atoms with Crippen molar-refractivity contribution in [3.05, 3.63) is 44.0 Å². The van der Waals surface area contributed by atoms with Gasteiger partial charge in [-0.15, -0.1) is 0 Å². The second-order valence-corrected chi connectivity index (χ2v) is 7.77. The van der Waals surface area contributed by atoms with Crippen LogP contribution < -0.4 is 5.32 Å². The predicted molar refractivity (Wildman–Crippen MR) is 103 cm³/mol. The van der Waals surface area contributed by atoms with Crippen molar-refractivity contribution in [1.29, 1.82) is 0 Å². The second-order valence-electron chi connectivity index (χ2n) is 7.77. The maximum atomic E-state index is 12.7. The van der Waals surface area contributed by atoms with Crippen LogP contribution in [0.5, 0.6) is 0 Å². The van der Waals surface area contributed by atoms with Crippen molar-refractivity contribution < 1.29 is 14.6 Å². The molecule has 0 bridgehead atoms. The normalized spacial score (nSPS) is 19.7. The van der Waals surface area contributed by atoms with Crippen LogP contribution in [0.15, 0.2) is 18.2 Å². The van der Waals surface area contributed by atoms with Crippen molar-refractivity contribution in [2.75, 3.05) is 19.6 Å². The highest BCUT2D eigenvalue weighted by Gasteiger charge is 2.38. The lowest BCUT2D eigenvalue weighted by Gasteiger charge is -2.48. The average Bonchev–Trinajstić information content (AvgIpc) is 2.73. The Labute approximate surface area is 163 Å². The van der Waals surface area contributed by atoms with E-state index in [1.807, 2.05) is 0 Å². The summed E-state index contributed by atoms with van der Waals surface area (Å²) in [5.41, 5.74) is -1.04. The van der Waals surface area contributed by atoms with Crippen molar-refractivity contribution in [2.24, 2.45) is 0 Å². The number of likely N-dealkylation sites (tertiary alicyclic amines) is 1. The molecule has 0 radical (unpaired) electrons. The van der Waals surface area contributed by atoms with Gasteiger partial charge in [0.1, 0.15) is 0 Å². The highest BCUT2D eigenvalue weighted by molar-refractivity contribution is 5.95. The average molecular weight is 390 g/mol. The van der Waals surface area contributed by atoms with E-state index in [4.69, 9.17) is 0 Å². The summed E-state index contributed by atoms with van der Waals surface area (Å²) in [7, 11) is 0. The van der Waals surface area contributed by atoms with Gasteiger partial charge < -0.3 is 5.32 Å². The molecule has 9 heteroatoms. The molecule has 1 amide bonds. The Morgan fingerprint density at radius 1 is 0.929 bits per heavy atom. The number of hydrogen-bond acceptors (Lipinski definition) is 6. The molecule has 28 heavy (non-hydrogen) atoms. The molecule has 1 saturated heterocycles. The zero-order valence-electron chi connectivity index (χ0n) is 15.9. The van der Waals surface area contributed by atoms with Crippen LogP contribution in [0.1, 0.15) is 61.7 Å². The van der Waals surface area contributed by atoms with E-state index < -0.39 is 27.1 Å². The third-order valence-electron chi connectivity index (χ3n) is 5.98. The minimum absolute atomic E-state index is 0.0505. The molecular weight excluding hydrogens is 364 g/mol. The predicted octanol–water partition coefficient (Wildman–Crippen LogP) is 3.42. The number of nitro groups is 2. The van der Waals surface area contributed by atoms with Gasteiger partial charge in [0.2, 0.25) is 0 Å². The molecule has 1 aromatic rings. The topological polar surface area (TPSA) is 119 Å². The molecule has 1 heterocycles. The molecule has 0 unspecified atom stereocenters. The lowest BCUT2D eigenvalue weighted by Crippen LogP contribution is -2.58. The molecule has 0 spiro atoms. The zero-order valence-corrected chi connectivity index (χ0v) is 15.9. The number of hydrogen-bond donors (Lipinski definition) is 1. The number of piperidine rings is 1. The van der Waals surface area contributed by atoms with E-state index in [1.54, 1.807) is 0 Å². The quantitative estimate of drug-likeness (QED) is 0.587. The van der Waals surface area contributed by atoms with Gasteiger partial charge in [-0.05, 0) is 38.8 Å². The number of benzene rings is 1. The molecule has 3 rings (SSSR count). The van der Waals surface area contributed by atoms with Crippen molar-refractivity contribution in [1.82, 2.24) is 10.2 Å². The third kappa shape index (κ3) is 4.46. The van der Waals surface area contributed by atoms with Gasteiger partial charge in [0, 0.05) is 24.2 Å². The van der Waals surface area contributed by atoms with E-state index >= 15 is 0 Å². The summed E-state index contributed by atoms with van der Waals surface area (Å²) in [6, 6.07) is 3.06. The van der Waals surface area contributed by atoms with E-state index in [9.17, 15) is 25.0 Å². The summed E-state index contributed by atoms with van der Waals surface area (Å²) in [6.45, 7) is 2.51. The first-order chi connectivity index (χ1) is 13.4. The Hall–Kier alpha value is -2.55. The minimum atomic E-state index is -0.722. The highest BCUT2D eigenvalue weighted by atomic mass is 16.6. The number of rotatable bonds is 6. The van der Waals surface area contributed by atoms with Crippen LogP contribution in [0.25, 0.3) is 0 Å². The van der Waals surface area contributed by atoms with E-state index in [2.05, 4.69) is 10.2 Å². The van der Waals surface area contributed by atoms with Crippen molar-refractivity contribution in [3.63, 3.8) is 0 Å². The maximum absolute atomic E-state index is 12.7. The first kappa shape index (κ1) is 20.2. The highest BCUT2D eigenvalue weighted by Crippen LogP contribution is 2.35. The van der Waals surface area contributed by atoms with E-state index in [1.165, 1.54) is 12.8 Å². The molecule has 1 aliphatic carbocycles. The van der Waals surface area contributed by atoms with Gasteiger partial charge in [-0.1, -0.05) is 25.7 Å². The Balaban J connectivity index is 1.77. The van der Waals surface area contributed by atoms with Gasteiger partial charge in [0.25, 0.3) is 17.3 Å². The van der Waals surface area contributed by atoms with Crippen LogP contribution in [0.2, 0.25) is 0 Å². The summed E-state index contributed by atoms with van der Waals surface area (Å²) >= 11 is 0. The number of amides is 1. The van der Waals surface area contributed by atoms with Gasteiger partial charge in [-0.3, -0.25) is 29.9 Å². The van der Waals surface area contributed by atoms with Gasteiger partial charge >= 0.3 is 0 Å². The van der Waals surface area contributed by atoms with Crippen LogP contribution in [0, 0.1) is 20.2 Å².